The van der Waals surface area contributed by atoms with Gasteiger partial charge in [-0.1, -0.05) is 0 Å². The summed E-state index contributed by atoms with van der Waals surface area (Å²) >= 11 is 0. The van der Waals surface area contributed by atoms with Crippen LogP contribution in [0.25, 0.3) is 0 Å². The number of halogens is 1. The molecule has 24 heavy (non-hydrogen) atoms. The van der Waals surface area contributed by atoms with E-state index in [1.807, 2.05) is 0 Å². The van der Waals surface area contributed by atoms with E-state index in [2.05, 4.69) is 4.98 Å². The molecule has 1 aliphatic heterocycles. The molecule has 0 N–H and O–H groups in total. The van der Waals surface area contributed by atoms with Gasteiger partial charge in [-0.05, 0) is 31.2 Å². The van der Waals surface area contributed by atoms with Crippen molar-refractivity contribution in [3.05, 3.63) is 53.6 Å². The molecular formula is C17H15FN2O4. The maximum Gasteiger partial charge on any atom is 0.338 e. The number of hydrogen-bond acceptors (Lipinski definition) is 5. The Morgan fingerprint density at radius 2 is 2.21 bits per heavy atom. The van der Waals surface area contributed by atoms with Gasteiger partial charge in [0, 0.05) is 6.20 Å². The monoisotopic (exact) mass is 330 g/mol. The fourth-order valence-electron chi connectivity index (χ4n) is 2.46. The summed E-state index contributed by atoms with van der Waals surface area (Å²) in [5.41, 5.74) is 0.626. The maximum atomic E-state index is 13.9. The van der Waals surface area contributed by atoms with E-state index < -0.39 is 17.7 Å². The number of anilines is 1. The molecule has 0 spiro atoms. The lowest BCUT2D eigenvalue weighted by Crippen LogP contribution is -2.38. The van der Waals surface area contributed by atoms with Gasteiger partial charge in [0.1, 0.15) is 12.4 Å². The van der Waals surface area contributed by atoms with Crippen LogP contribution in [0, 0.1) is 5.82 Å². The van der Waals surface area contributed by atoms with Crippen molar-refractivity contribution in [2.24, 2.45) is 0 Å². The molecule has 0 radical (unpaired) electrons. The van der Waals surface area contributed by atoms with E-state index in [9.17, 15) is 14.0 Å². The van der Waals surface area contributed by atoms with Gasteiger partial charge >= 0.3 is 5.97 Å². The topological polar surface area (TPSA) is 68.7 Å². The summed E-state index contributed by atoms with van der Waals surface area (Å²) in [5.74, 6) is -1.25. The highest BCUT2D eigenvalue weighted by molar-refractivity contribution is 6.07. The number of benzene rings is 1. The summed E-state index contributed by atoms with van der Waals surface area (Å²) in [5, 5.41) is 0. The fraction of sp³-hybridized carbons (Fsp3) is 0.235. The molecule has 0 fully saturated rings. The Morgan fingerprint density at radius 3 is 2.96 bits per heavy atom. The number of carbonyl (C=O) groups excluding carboxylic acids is 2. The van der Waals surface area contributed by atoms with E-state index in [1.54, 1.807) is 19.1 Å². The Labute approximate surface area is 137 Å². The number of carbonyl (C=O) groups is 2. The zero-order valence-corrected chi connectivity index (χ0v) is 13.0. The Bertz CT molecular complexity index is 794. The minimum absolute atomic E-state index is 0.0839. The molecule has 1 amide bonds. The quantitative estimate of drug-likeness (QED) is 0.809. The van der Waals surface area contributed by atoms with Crippen LogP contribution in [0.3, 0.4) is 0 Å². The van der Waals surface area contributed by atoms with E-state index in [0.717, 1.165) is 6.20 Å². The highest BCUT2D eigenvalue weighted by atomic mass is 19.1. The number of amides is 1. The highest BCUT2D eigenvalue weighted by Crippen LogP contribution is 2.33. The Hall–Kier alpha value is -2.96. The number of ether oxygens (including phenoxy) is 2. The molecule has 0 bridgehead atoms. The summed E-state index contributed by atoms with van der Waals surface area (Å²) in [4.78, 5) is 29.6. The number of pyridine rings is 1. The van der Waals surface area contributed by atoms with E-state index in [0.29, 0.717) is 17.0 Å². The predicted octanol–water partition coefficient (Wildman–Crippen LogP) is 2.44. The van der Waals surface area contributed by atoms with Gasteiger partial charge < -0.3 is 14.4 Å². The molecule has 2 heterocycles. The van der Waals surface area contributed by atoms with Gasteiger partial charge in [-0.2, -0.15) is 0 Å². The molecule has 0 saturated heterocycles. The van der Waals surface area contributed by atoms with Crippen LogP contribution in [0.1, 0.15) is 27.6 Å². The first-order chi connectivity index (χ1) is 11.6. The van der Waals surface area contributed by atoms with Crippen LogP contribution in [0.4, 0.5) is 10.1 Å². The molecule has 0 unspecified atom stereocenters. The van der Waals surface area contributed by atoms with E-state index in [-0.39, 0.29) is 25.3 Å². The third-order valence-electron chi connectivity index (χ3n) is 3.58. The summed E-state index contributed by atoms with van der Waals surface area (Å²) < 4.78 is 24.3. The number of aromatic nitrogens is 1. The Balaban J connectivity index is 1.98. The Kier molecular flexibility index (Phi) is 4.41. The van der Waals surface area contributed by atoms with Crippen molar-refractivity contribution in [3.63, 3.8) is 0 Å². The summed E-state index contributed by atoms with van der Waals surface area (Å²) in [7, 11) is 0. The summed E-state index contributed by atoms with van der Waals surface area (Å²) in [6.45, 7) is 2.49. The average Bonchev–Trinajstić information content (AvgIpc) is 2.61. The van der Waals surface area contributed by atoms with E-state index in [4.69, 9.17) is 9.47 Å². The average molecular weight is 330 g/mol. The standard InChI is InChI=1S/C17H15FN2O4/c1-2-23-17(22)11-3-4-15-14(9-11)20(7-8-24-15)16(21)12-5-6-19-10-13(12)18/h3-6,9-10H,2,7-8H2,1H3. The molecule has 3 rings (SSSR count). The molecule has 124 valence electrons. The van der Waals surface area contributed by atoms with Gasteiger partial charge in [-0.15, -0.1) is 0 Å². The fourth-order valence-corrected chi connectivity index (χ4v) is 2.46. The van der Waals surface area contributed by atoms with Crippen molar-refractivity contribution in [1.82, 2.24) is 4.98 Å². The predicted molar refractivity (Wildman–Crippen MR) is 83.8 cm³/mol. The van der Waals surface area contributed by atoms with Crippen LogP contribution in [0.2, 0.25) is 0 Å². The third-order valence-corrected chi connectivity index (χ3v) is 3.58. The first-order valence-corrected chi connectivity index (χ1v) is 7.47. The van der Waals surface area contributed by atoms with Crippen molar-refractivity contribution in [3.8, 4) is 5.75 Å². The molecule has 1 aliphatic rings. The minimum Gasteiger partial charge on any atom is -0.490 e. The zero-order chi connectivity index (χ0) is 17.1. The van der Waals surface area contributed by atoms with Crippen molar-refractivity contribution in [2.45, 2.75) is 6.92 Å². The number of rotatable bonds is 3. The lowest BCUT2D eigenvalue weighted by molar-refractivity contribution is 0.0526. The molecule has 0 aliphatic carbocycles. The first-order valence-electron chi connectivity index (χ1n) is 7.47. The van der Waals surface area contributed by atoms with Gasteiger partial charge in [-0.3, -0.25) is 9.78 Å². The van der Waals surface area contributed by atoms with Crippen LogP contribution in [0.5, 0.6) is 5.75 Å². The highest BCUT2D eigenvalue weighted by Gasteiger charge is 2.27. The van der Waals surface area contributed by atoms with Crippen LogP contribution >= 0.6 is 0 Å². The zero-order valence-electron chi connectivity index (χ0n) is 13.0. The van der Waals surface area contributed by atoms with Gasteiger partial charge in [0.25, 0.3) is 5.91 Å². The van der Waals surface area contributed by atoms with Gasteiger partial charge in [-0.25, -0.2) is 9.18 Å². The smallest absolute Gasteiger partial charge is 0.338 e. The van der Waals surface area contributed by atoms with Crippen molar-refractivity contribution >= 4 is 17.6 Å². The number of nitrogens with zero attached hydrogens (tertiary/aromatic N) is 2. The SMILES string of the molecule is CCOC(=O)c1ccc2c(c1)N(C(=O)c1ccncc1F)CCO2. The van der Waals surface area contributed by atoms with Gasteiger partial charge in [0.15, 0.2) is 5.82 Å². The number of fused-ring (bicyclic) bond motifs is 1. The maximum absolute atomic E-state index is 13.9. The number of esters is 1. The summed E-state index contributed by atoms with van der Waals surface area (Å²) in [6.07, 6.45) is 2.34. The van der Waals surface area contributed by atoms with Crippen molar-refractivity contribution in [1.29, 1.82) is 0 Å². The molecule has 1 aromatic carbocycles. The van der Waals surface area contributed by atoms with Crippen LogP contribution < -0.4 is 9.64 Å². The second kappa shape index (κ2) is 6.66. The summed E-state index contributed by atoms with van der Waals surface area (Å²) in [6, 6.07) is 6.01. The van der Waals surface area contributed by atoms with Crippen LogP contribution in [0.15, 0.2) is 36.7 Å². The second-order valence-corrected chi connectivity index (χ2v) is 5.06. The second-order valence-electron chi connectivity index (χ2n) is 5.06. The third kappa shape index (κ3) is 2.92. The van der Waals surface area contributed by atoms with Crippen molar-refractivity contribution in [2.75, 3.05) is 24.7 Å². The van der Waals surface area contributed by atoms with Gasteiger partial charge in [0.05, 0.1) is 36.2 Å². The molecule has 0 atom stereocenters. The van der Waals surface area contributed by atoms with Gasteiger partial charge in [0.2, 0.25) is 0 Å². The molecule has 7 heteroatoms. The van der Waals surface area contributed by atoms with Crippen molar-refractivity contribution < 1.29 is 23.5 Å². The molecule has 6 nitrogen and oxygen atoms in total. The minimum atomic E-state index is -0.697. The van der Waals surface area contributed by atoms with Crippen LogP contribution in [-0.2, 0) is 4.74 Å². The normalized spacial score (nSPS) is 13.0. The molecule has 2 aromatic rings. The van der Waals surface area contributed by atoms with E-state index in [1.165, 1.54) is 23.2 Å². The Morgan fingerprint density at radius 1 is 1.38 bits per heavy atom. The van der Waals surface area contributed by atoms with Crippen LogP contribution in [-0.4, -0.2) is 36.6 Å². The lowest BCUT2D eigenvalue weighted by atomic mass is 10.1. The molecule has 0 saturated carbocycles. The number of hydrogen-bond donors (Lipinski definition) is 0. The van der Waals surface area contributed by atoms with E-state index >= 15 is 0 Å². The largest absolute Gasteiger partial charge is 0.490 e. The molecular weight excluding hydrogens is 315 g/mol. The first kappa shape index (κ1) is 15.9. The molecule has 1 aromatic heterocycles. The lowest BCUT2D eigenvalue weighted by Gasteiger charge is -2.30.